The summed E-state index contributed by atoms with van der Waals surface area (Å²) < 4.78 is 0.755. The Kier molecular flexibility index (Phi) is 2.34. The SMILES string of the molecule is O=C(O)C(O)c1cc2c(O)cccc2s1. The normalized spacial score (nSPS) is 12.9. The van der Waals surface area contributed by atoms with Crippen molar-refractivity contribution < 1.29 is 20.1 Å². The quantitative estimate of drug-likeness (QED) is 0.725. The van der Waals surface area contributed by atoms with E-state index in [4.69, 9.17) is 5.11 Å². The van der Waals surface area contributed by atoms with Crippen LogP contribution < -0.4 is 0 Å². The molecule has 0 aliphatic rings. The fourth-order valence-electron chi connectivity index (χ4n) is 1.32. The molecule has 0 spiro atoms. The van der Waals surface area contributed by atoms with Gasteiger partial charge in [-0.3, -0.25) is 0 Å². The molecule has 2 rings (SSSR count). The molecular weight excluding hydrogens is 216 g/mol. The van der Waals surface area contributed by atoms with E-state index in [9.17, 15) is 15.0 Å². The molecule has 1 atom stereocenters. The summed E-state index contributed by atoms with van der Waals surface area (Å²) in [7, 11) is 0. The maximum Gasteiger partial charge on any atom is 0.338 e. The van der Waals surface area contributed by atoms with E-state index in [2.05, 4.69) is 0 Å². The zero-order valence-corrected chi connectivity index (χ0v) is 8.36. The molecule has 15 heavy (non-hydrogen) atoms. The van der Waals surface area contributed by atoms with Gasteiger partial charge in [-0.15, -0.1) is 11.3 Å². The number of hydrogen-bond donors (Lipinski definition) is 3. The highest BCUT2D eigenvalue weighted by molar-refractivity contribution is 7.19. The maximum absolute atomic E-state index is 10.6. The minimum Gasteiger partial charge on any atom is -0.507 e. The van der Waals surface area contributed by atoms with Crippen LogP contribution in [0.25, 0.3) is 10.1 Å². The second-order valence-corrected chi connectivity index (χ2v) is 4.19. The number of fused-ring (bicyclic) bond motifs is 1. The van der Waals surface area contributed by atoms with Crippen molar-refractivity contribution in [2.45, 2.75) is 6.10 Å². The second-order valence-electron chi connectivity index (χ2n) is 3.08. The molecule has 5 heteroatoms. The maximum atomic E-state index is 10.6. The van der Waals surface area contributed by atoms with Crippen LogP contribution in [-0.4, -0.2) is 21.3 Å². The fourth-order valence-corrected chi connectivity index (χ4v) is 2.38. The van der Waals surface area contributed by atoms with Crippen molar-refractivity contribution in [1.29, 1.82) is 0 Å². The molecule has 0 bridgehead atoms. The molecule has 1 aromatic carbocycles. The Bertz CT molecular complexity index is 517. The van der Waals surface area contributed by atoms with E-state index in [1.165, 1.54) is 12.1 Å². The third-order valence-corrected chi connectivity index (χ3v) is 3.21. The molecule has 0 fully saturated rings. The first kappa shape index (κ1) is 9.95. The number of benzene rings is 1. The molecule has 0 aliphatic carbocycles. The number of carboxylic acid groups (broad SMARTS) is 1. The molecule has 78 valence electrons. The molecule has 1 heterocycles. The standard InChI is InChI=1S/C10H8O4S/c11-6-2-1-3-7-5(6)4-8(15-7)9(12)10(13)14/h1-4,9,11-12H,(H,13,14). The molecule has 0 radical (unpaired) electrons. The predicted octanol–water partition coefficient (Wildman–Crippen LogP) is 1.72. The highest BCUT2D eigenvalue weighted by Crippen LogP contribution is 2.34. The molecule has 4 nitrogen and oxygen atoms in total. The summed E-state index contributed by atoms with van der Waals surface area (Å²) in [5.74, 6) is -1.20. The van der Waals surface area contributed by atoms with Crippen molar-refractivity contribution in [1.82, 2.24) is 0 Å². The van der Waals surface area contributed by atoms with Gasteiger partial charge in [-0.1, -0.05) is 6.07 Å². The number of carbonyl (C=O) groups is 1. The first-order valence-electron chi connectivity index (χ1n) is 4.22. The molecule has 0 aliphatic heterocycles. The van der Waals surface area contributed by atoms with Crippen LogP contribution in [0.2, 0.25) is 0 Å². The van der Waals surface area contributed by atoms with E-state index < -0.39 is 12.1 Å². The van der Waals surface area contributed by atoms with Gasteiger partial charge < -0.3 is 15.3 Å². The smallest absolute Gasteiger partial charge is 0.338 e. The van der Waals surface area contributed by atoms with E-state index in [0.29, 0.717) is 10.3 Å². The Morgan fingerprint density at radius 3 is 2.73 bits per heavy atom. The van der Waals surface area contributed by atoms with Crippen LogP contribution in [0.4, 0.5) is 0 Å². The third-order valence-electron chi connectivity index (χ3n) is 2.06. The van der Waals surface area contributed by atoms with Gasteiger partial charge in [-0.25, -0.2) is 4.79 Å². The number of aromatic hydroxyl groups is 1. The Morgan fingerprint density at radius 1 is 1.40 bits per heavy atom. The summed E-state index contributed by atoms with van der Waals surface area (Å²) in [4.78, 5) is 10.9. The van der Waals surface area contributed by atoms with E-state index in [1.807, 2.05) is 0 Å². The second kappa shape index (κ2) is 3.52. The fraction of sp³-hybridized carbons (Fsp3) is 0.100. The zero-order valence-electron chi connectivity index (χ0n) is 7.54. The summed E-state index contributed by atoms with van der Waals surface area (Å²) in [6.45, 7) is 0. The van der Waals surface area contributed by atoms with Gasteiger partial charge in [-0.05, 0) is 18.2 Å². The summed E-state index contributed by atoms with van der Waals surface area (Å²) in [6.07, 6.45) is -1.53. The Labute approximate surface area is 89.0 Å². The van der Waals surface area contributed by atoms with Gasteiger partial charge in [-0.2, -0.15) is 0 Å². The highest BCUT2D eigenvalue weighted by atomic mass is 32.1. The molecule has 3 N–H and O–H groups in total. The lowest BCUT2D eigenvalue weighted by Crippen LogP contribution is -2.08. The number of aliphatic carboxylic acids is 1. The van der Waals surface area contributed by atoms with Crippen molar-refractivity contribution >= 4 is 27.4 Å². The van der Waals surface area contributed by atoms with Crippen LogP contribution in [0, 0.1) is 0 Å². The lowest BCUT2D eigenvalue weighted by Gasteiger charge is -1.99. The largest absolute Gasteiger partial charge is 0.507 e. The average molecular weight is 224 g/mol. The van der Waals surface area contributed by atoms with Crippen LogP contribution in [-0.2, 0) is 4.79 Å². The van der Waals surface area contributed by atoms with E-state index in [0.717, 1.165) is 16.0 Å². The van der Waals surface area contributed by atoms with Gasteiger partial charge in [0.25, 0.3) is 0 Å². The first-order valence-corrected chi connectivity index (χ1v) is 5.03. The minimum absolute atomic E-state index is 0.0904. The lowest BCUT2D eigenvalue weighted by atomic mass is 10.2. The Balaban J connectivity index is 2.56. The number of aliphatic hydroxyl groups excluding tert-OH is 1. The summed E-state index contributed by atoms with van der Waals surface area (Å²) >= 11 is 1.16. The number of aliphatic hydroxyl groups is 1. The summed E-state index contributed by atoms with van der Waals surface area (Å²) in [5.41, 5.74) is 0. The van der Waals surface area contributed by atoms with Crippen molar-refractivity contribution in [2.24, 2.45) is 0 Å². The van der Waals surface area contributed by atoms with E-state index >= 15 is 0 Å². The lowest BCUT2D eigenvalue weighted by molar-refractivity contribution is -0.146. The van der Waals surface area contributed by atoms with Crippen LogP contribution in [0.5, 0.6) is 5.75 Å². The first-order chi connectivity index (χ1) is 7.09. The molecule has 0 saturated heterocycles. The molecular formula is C10H8O4S. The molecule has 2 aromatic rings. The average Bonchev–Trinajstić information content (AvgIpc) is 2.61. The van der Waals surface area contributed by atoms with Gasteiger partial charge in [0.15, 0.2) is 6.10 Å². The third kappa shape index (κ3) is 1.67. The van der Waals surface area contributed by atoms with Gasteiger partial charge in [0, 0.05) is 15.0 Å². The van der Waals surface area contributed by atoms with Gasteiger partial charge in [0.1, 0.15) is 5.75 Å². The predicted molar refractivity (Wildman–Crippen MR) is 56.1 cm³/mol. The number of hydrogen-bond acceptors (Lipinski definition) is 4. The number of phenolic OH excluding ortho intramolecular Hbond substituents is 1. The highest BCUT2D eigenvalue weighted by Gasteiger charge is 2.19. The Morgan fingerprint density at radius 2 is 2.13 bits per heavy atom. The van der Waals surface area contributed by atoms with Crippen LogP contribution in [0.1, 0.15) is 11.0 Å². The Hall–Kier alpha value is -1.59. The van der Waals surface area contributed by atoms with Crippen LogP contribution in [0.3, 0.4) is 0 Å². The monoisotopic (exact) mass is 224 g/mol. The summed E-state index contributed by atoms with van der Waals surface area (Å²) in [6, 6.07) is 6.45. The number of phenols is 1. The van der Waals surface area contributed by atoms with E-state index in [1.54, 1.807) is 12.1 Å². The number of thiophene rings is 1. The van der Waals surface area contributed by atoms with Crippen molar-refractivity contribution in [3.05, 3.63) is 29.1 Å². The summed E-state index contributed by atoms with van der Waals surface area (Å²) in [5, 5.41) is 28.0. The van der Waals surface area contributed by atoms with E-state index in [-0.39, 0.29) is 5.75 Å². The van der Waals surface area contributed by atoms with Gasteiger partial charge in [0.2, 0.25) is 0 Å². The van der Waals surface area contributed by atoms with Crippen molar-refractivity contribution in [3.8, 4) is 5.75 Å². The topological polar surface area (TPSA) is 77.8 Å². The minimum atomic E-state index is -1.53. The number of rotatable bonds is 2. The molecule has 1 aromatic heterocycles. The van der Waals surface area contributed by atoms with Gasteiger partial charge >= 0.3 is 5.97 Å². The van der Waals surface area contributed by atoms with Crippen LogP contribution >= 0.6 is 11.3 Å². The van der Waals surface area contributed by atoms with Crippen molar-refractivity contribution in [2.75, 3.05) is 0 Å². The zero-order chi connectivity index (χ0) is 11.0. The molecule has 0 amide bonds. The van der Waals surface area contributed by atoms with Crippen molar-refractivity contribution in [3.63, 3.8) is 0 Å². The molecule has 1 unspecified atom stereocenters. The van der Waals surface area contributed by atoms with Gasteiger partial charge in [0.05, 0.1) is 0 Å². The number of carboxylic acids is 1. The van der Waals surface area contributed by atoms with Crippen LogP contribution in [0.15, 0.2) is 24.3 Å². The molecule has 0 saturated carbocycles.